The average molecular weight is 445 g/mol. The van der Waals surface area contributed by atoms with Gasteiger partial charge in [0.1, 0.15) is 6.04 Å². The summed E-state index contributed by atoms with van der Waals surface area (Å²) in [4.78, 5) is 25.6. The van der Waals surface area contributed by atoms with Crippen molar-refractivity contribution in [1.29, 1.82) is 0 Å². The number of rotatable bonds is 11. The second kappa shape index (κ2) is 12.5. The zero-order chi connectivity index (χ0) is 23.5. The van der Waals surface area contributed by atoms with Crippen LogP contribution in [0.3, 0.4) is 0 Å². The van der Waals surface area contributed by atoms with Crippen LogP contribution in [0.2, 0.25) is 0 Å². The molecule has 0 aromatic heterocycles. The van der Waals surface area contributed by atoms with Crippen LogP contribution in [0.5, 0.6) is 0 Å². The number of nitrogens with two attached hydrogens (primary N) is 2. The predicted octanol–water partition coefficient (Wildman–Crippen LogP) is 3.48. The van der Waals surface area contributed by atoms with Gasteiger partial charge in [0.2, 0.25) is 11.8 Å². The van der Waals surface area contributed by atoms with Crippen molar-refractivity contribution in [2.45, 2.75) is 37.8 Å². The van der Waals surface area contributed by atoms with Crippen molar-refractivity contribution in [3.63, 3.8) is 0 Å². The number of carbonyl (C=O) groups is 2. The van der Waals surface area contributed by atoms with Crippen molar-refractivity contribution in [3.05, 3.63) is 90.5 Å². The molecule has 3 rings (SSSR count). The molecule has 0 spiro atoms. The fourth-order valence-corrected chi connectivity index (χ4v) is 3.58. The first-order valence-corrected chi connectivity index (χ1v) is 11.3. The van der Waals surface area contributed by atoms with E-state index in [1.165, 1.54) is 0 Å². The van der Waals surface area contributed by atoms with Gasteiger partial charge in [-0.25, -0.2) is 0 Å². The first kappa shape index (κ1) is 24.2. The minimum Gasteiger partial charge on any atom is -0.343 e. The van der Waals surface area contributed by atoms with Crippen LogP contribution < -0.4 is 22.1 Å². The average Bonchev–Trinajstić information content (AvgIpc) is 2.86. The van der Waals surface area contributed by atoms with Crippen LogP contribution in [-0.4, -0.2) is 30.4 Å². The molecule has 6 heteroatoms. The Bertz CT molecular complexity index is 1010. The van der Waals surface area contributed by atoms with Crippen LogP contribution in [0.25, 0.3) is 11.1 Å². The maximum atomic E-state index is 13.1. The summed E-state index contributed by atoms with van der Waals surface area (Å²) in [7, 11) is 0. The van der Waals surface area contributed by atoms with Gasteiger partial charge in [0.15, 0.2) is 0 Å². The van der Waals surface area contributed by atoms with E-state index in [1.807, 2.05) is 84.9 Å². The molecule has 6 nitrogen and oxygen atoms in total. The second-order valence-electron chi connectivity index (χ2n) is 8.06. The molecule has 6 N–H and O–H groups in total. The zero-order valence-electron chi connectivity index (χ0n) is 18.7. The molecule has 0 bridgehead atoms. The summed E-state index contributed by atoms with van der Waals surface area (Å²) in [5, 5.41) is 5.77. The quantitative estimate of drug-likeness (QED) is 0.363. The van der Waals surface area contributed by atoms with Gasteiger partial charge in [-0.05, 0) is 61.1 Å². The molecular formula is C27H32N4O2. The van der Waals surface area contributed by atoms with E-state index in [4.69, 9.17) is 11.5 Å². The summed E-state index contributed by atoms with van der Waals surface area (Å²) in [6.45, 7) is 0.470. The standard InChI is InChI=1S/C27H32N4O2/c28-19-7-12-24(29)26(32)31-25(18-13-20-8-3-1-4-9-20)27(33)30-23-16-14-22(15-17-23)21-10-5-2-6-11-21/h1-6,8-11,14-17,24-25H,7,12-13,18-19,28-29H2,(H,30,33)(H,31,32)/t24-,25+/m0/s1. The number of amides is 2. The van der Waals surface area contributed by atoms with Crippen LogP contribution in [0.4, 0.5) is 5.69 Å². The minimum atomic E-state index is -0.699. The highest BCUT2D eigenvalue weighted by molar-refractivity contribution is 5.98. The third-order valence-corrected chi connectivity index (χ3v) is 5.51. The van der Waals surface area contributed by atoms with Crippen molar-refractivity contribution in [2.24, 2.45) is 11.5 Å². The smallest absolute Gasteiger partial charge is 0.246 e. The van der Waals surface area contributed by atoms with Gasteiger partial charge in [0.05, 0.1) is 6.04 Å². The lowest BCUT2D eigenvalue weighted by molar-refractivity contribution is -0.127. The normalized spacial score (nSPS) is 12.5. The van der Waals surface area contributed by atoms with E-state index < -0.39 is 12.1 Å². The van der Waals surface area contributed by atoms with Gasteiger partial charge in [-0.2, -0.15) is 0 Å². The Balaban J connectivity index is 1.67. The number of anilines is 1. The monoisotopic (exact) mass is 444 g/mol. The maximum absolute atomic E-state index is 13.1. The van der Waals surface area contributed by atoms with Gasteiger partial charge < -0.3 is 22.1 Å². The van der Waals surface area contributed by atoms with Crippen LogP contribution in [0, 0.1) is 0 Å². The molecule has 0 saturated carbocycles. The molecule has 0 aliphatic carbocycles. The number of aryl methyl sites for hydroxylation is 1. The molecule has 0 radical (unpaired) electrons. The minimum absolute atomic E-state index is 0.266. The van der Waals surface area contributed by atoms with E-state index >= 15 is 0 Å². The SMILES string of the molecule is NCCC[C@H](N)C(=O)N[C@H](CCc1ccccc1)C(=O)Nc1ccc(-c2ccccc2)cc1. The molecule has 0 saturated heterocycles. The first-order chi connectivity index (χ1) is 16.1. The van der Waals surface area contributed by atoms with E-state index in [0.717, 1.165) is 16.7 Å². The third-order valence-electron chi connectivity index (χ3n) is 5.51. The molecule has 3 aromatic carbocycles. The number of carbonyl (C=O) groups excluding carboxylic acids is 2. The van der Waals surface area contributed by atoms with Crippen LogP contribution in [-0.2, 0) is 16.0 Å². The summed E-state index contributed by atoms with van der Waals surface area (Å²) < 4.78 is 0. The van der Waals surface area contributed by atoms with Crippen LogP contribution in [0.1, 0.15) is 24.8 Å². The molecule has 172 valence electrons. The number of benzene rings is 3. The Morgan fingerprint density at radius 2 is 1.36 bits per heavy atom. The lowest BCUT2D eigenvalue weighted by Crippen LogP contribution is -2.50. The topological polar surface area (TPSA) is 110 Å². The van der Waals surface area contributed by atoms with Gasteiger partial charge >= 0.3 is 0 Å². The van der Waals surface area contributed by atoms with Crippen molar-refractivity contribution in [2.75, 3.05) is 11.9 Å². The van der Waals surface area contributed by atoms with E-state index in [0.29, 0.717) is 37.9 Å². The number of hydrogen-bond acceptors (Lipinski definition) is 4. The second-order valence-corrected chi connectivity index (χ2v) is 8.06. The van der Waals surface area contributed by atoms with Gasteiger partial charge in [-0.1, -0.05) is 72.8 Å². The highest BCUT2D eigenvalue weighted by Gasteiger charge is 2.23. The maximum Gasteiger partial charge on any atom is 0.246 e. The highest BCUT2D eigenvalue weighted by Crippen LogP contribution is 2.21. The van der Waals surface area contributed by atoms with Gasteiger partial charge in [0, 0.05) is 5.69 Å². The first-order valence-electron chi connectivity index (χ1n) is 11.3. The molecule has 33 heavy (non-hydrogen) atoms. The molecule has 0 aliphatic rings. The summed E-state index contributed by atoms with van der Waals surface area (Å²) in [6, 6.07) is 26.2. The van der Waals surface area contributed by atoms with Crippen LogP contribution in [0.15, 0.2) is 84.9 Å². The Morgan fingerprint density at radius 1 is 0.758 bits per heavy atom. The fourth-order valence-electron chi connectivity index (χ4n) is 3.58. The van der Waals surface area contributed by atoms with E-state index in [1.54, 1.807) is 0 Å². The molecule has 0 unspecified atom stereocenters. The fraction of sp³-hybridized carbons (Fsp3) is 0.259. The molecule has 0 aliphatic heterocycles. The van der Waals surface area contributed by atoms with E-state index in [2.05, 4.69) is 10.6 Å². The number of nitrogens with one attached hydrogen (secondary N) is 2. The van der Waals surface area contributed by atoms with Gasteiger partial charge in [-0.3, -0.25) is 9.59 Å². The summed E-state index contributed by atoms with van der Waals surface area (Å²) >= 11 is 0. The molecule has 0 fully saturated rings. The summed E-state index contributed by atoms with van der Waals surface area (Å²) in [6.07, 6.45) is 2.26. The summed E-state index contributed by atoms with van der Waals surface area (Å²) in [5.74, 6) is -0.603. The van der Waals surface area contributed by atoms with Crippen LogP contribution >= 0.6 is 0 Å². The van der Waals surface area contributed by atoms with E-state index in [9.17, 15) is 9.59 Å². The molecular weight excluding hydrogens is 412 g/mol. The Kier molecular flexibility index (Phi) is 9.18. The highest BCUT2D eigenvalue weighted by atomic mass is 16.2. The lowest BCUT2D eigenvalue weighted by Gasteiger charge is -2.21. The predicted molar refractivity (Wildman–Crippen MR) is 133 cm³/mol. The van der Waals surface area contributed by atoms with E-state index in [-0.39, 0.29) is 11.8 Å². The largest absolute Gasteiger partial charge is 0.343 e. The molecule has 3 aromatic rings. The number of hydrogen-bond donors (Lipinski definition) is 4. The van der Waals surface area contributed by atoms with Crippen molar-refractivity contribution in [1.82, 2.24) is 5.32 Å². The van der Waals surface area contributed by atoms with Gasteiger partial charge in [-0.15, -0.1) is 0 Å². The van der Waals surface area contributed by atoms with Crippen molar-refractivity contribution >= 4 is 17.5 Å². The molecule has 2 amide bonds. The molecule has 2 atom stereocenters. The third kappa shape index (κ3) is 7.56. The van der Waals surface area contributed by atoms with Crippen molar-refractivity contribution in [3.8, 4) is 11.1 Å². The lowest BCUT2D eigenvalue weighted by atomic mass is 10.0. The Morgan fingerprint density at radius 3 is 2.00 bits per heavy atom. The zero-order valence-corrected chi connectivity index (χ0v) is 18.7. The molecule has 0 heterocycles. The summed E-state index contributed by atoms with van der Waals surface area (Å²) in [5.41, 5.74) is 15.4. The van der Waals surface area contributed by atoms with Gasteiger partial charge in [0.25, 0.3) is 0 Å². The Hall–Kier alpha value is -3.48. The van der Waals surface area contributed by atoms with Crippen molar-refractivity contribution < 1.29 is 9.59 Å². The Labute approximate surface area is 195 Å².